The highest BCUT2D eigenvalue weighted by Gasteiger charge is 2.18. The van der Waals surface area contributed by atoms with Crippen molar-refractivity contribution in [1.29, 1.82) is 0 Å². The number of halogens is 1. The highest BCUT2D eigenvalue weighted by atomic mass is 127. The first-order valence-corrected chi connectivity index (χ1v) is 7.45. The van der Waals surface area contributed by atoms with Crippen molar-refractivity contribution in [2.75, 3.05) is 27.2 Å². The third-order valence-corrected chi connectivity index (χ3v) is 4.02. The third kappa shape index (κ3) is 4.93. The number of rotatable bonds is 3. The second-order valence-corrected chi connectivity index (χ2v) is 5.56. The molecule has 1 fully saturated rings. The van der Waals surface area contributed by atoms with E-state index < -0.39 is 0 Å². The monoisotopic (exact) mass is 419 g/mol. The lowest BCUT2D eigenvalue weighted by Crippen LogP contribution is -2.45. The van der Waals surface area contributed by atoms with Gasteiger partial charge in [0.05, 0.1) is 7.11 Å². The maximum absolute atomic E-state index is 9.91. The number of hydrogen-bond acceptors (Lipinski definition) is 3. The zero-order chi connectivity index (χ0) is 15.2. The van der Waals surface area contributed by atoms with Crippen LogP contribution in [-0.4, -0.2) is 43.2 Å². The number of aliphatic imine (C=N–C) groups is 1. The quantitative estimate of drug-likeness (QED) is 0.450. The molecule has 1 aliphatic heterocycles. The summed E-state index contributed by atoms with van der Waals surface area (Å²) < 4.78 is 5.19. The summed E-state index contributed by atoms with van der Waals surface area (Å²) in [4.78, 5) is 6.62. The number of ether oxygens (including phenoxy) is 1. The van der Waals surface area contributed by atoms with E-state index in [-0.39, 0.29) is 29.7 Å². The SMILES string of the molecule is CN=C(NCc1cc(OC)ccc1O)N1CCC(C)CC1.I. The predicted octanol–water partition coefficient (Wildman–Crippen LogP) is 2.83. The molecule has 6 heteroatoms. The Labute approximate surface area is 149 Å². The second kappa shape index (κ2) is 9.07. The fourth-order valence-corrected chi connectivity index (χ4v) is 2.56. The first kappa shape index (κ1) is 18.9. The van der Waals surface area contributed by atoms with E-state index in [0.717, 1.165) is 36.3 Å². The molecule has 1 heterocycles. The lowest BCUT2D eigenvalue weighted by Gasteiger charge is -2.33. The first-order chi connectivity index (χ1) is 10.1. The van der Waals surface area contributed by atoms with Gasteiger partial charge >= 0.3 is 0 Å². The number of nitrogens with one attached hydrogen (secondary N) is 1. The van der Waals surface area contributed by atoms with Crippen molar-refractivity contribution in [3.8, 4) is 11.5 Å². The maximum atomic E-state index is 9.91. The van der Waals surface area contributed by atoms with E-state index in [9.17, 15) is 5.11 Å². The number of guanidine groups is 1. The molecule has 0 atom stereocenters. The lowest BCUT2D eigenvalue weighted by molar-refractivity contribution is 0.273. The summed E-state index contributed by atoms with van der Waals surface area (Å²) in [6.45, 7) is 4.89. The van der Waals surface area contributed by atoms with Gasteiger partial charge in [0, 0.05) is 32.2 Å². The van der Waals surface area contributed by atoms with Gasteiger partial charge in [0.2, 0.25) is 0 Å². The van der Waals surface area contributed by atoms with Gasteiger partial charge in [0.1, 0.15) is 11.5 Å². The number of methoxy groups -OCH3 is 1. The molecule has 0 saturated carbocycles. The molecular weight excluding hydrogens is 393 g/mol. The topological polar surface area (TPSA) is 57.1 Å². The second-order valence-electron chi connectivity index (χ2n) is 5.56. The van der Waals surface area contributed by atoms with Gasteiger partial charge in [-0.25, -0.2) is 0 Å². The van der Waals surface area contributed by atoms with Gasteiger partial charge in [0.15, 0.2) is 5.96 Å². The van der Waals surface area contributed by atoms with Gasteiger partial charge < -0.3 is 20.1 Å². The number of likely N-dealkylation sites (tertiary alicyclic amines) is 1. The highest BCUT2D eigenvalue weighted by molar-refractivity contribution is 14.0. The molecule has 0 amide bonds. The molecule has 1 aromatic rings. The summed E-state index contributed by atoms with van der Waals surface area (Å²) in [6.07, 6.45) is 2.40. The number of phenolic OH excluding ortho intramolecular Hbond substituents is 1. The Kier molecular flexibility index (Phi) is 7.78. The molecule has 5 nitrogen and oxygen atoms in total. The molecule has 0 aromatic heterocycles. The normalized spacial score (nSPS) is 16.1. The molecule has 2 N–H and O–H groups in total. The summed E-state index contributed by atoms with van der Waals surface area (Å²) >= 11 is 0. The van der Waals surface area contributed by atoms with Crippen LogP contribution in [0.2, 0.25) is 0 Å². The smallest absolute Gasteiger partial charge is 0.193 e. The molecule has 124 valence electrons. The van der Waals surface area contributed by atoms with Crippen molar-refractivity contribution in [2.45, 2.75) is 26.3 Å². The average molecular weight is 419 g/mol. The Hall–Kier alpha value is -1.18. The molecule has 0 aliphatic carbocycles. The van der Waals surface area contributed by atoms with Crippen molar-refractivity contribution >= 4 is 29.9 Å². The van der Waals surface area contributed by atoms with Crippen LogP contribution < -0.4 is 10.1 Å². The minimum Gasteiger partial charge on any atom is -0.508 e. The summed E-state index contributed by atoms with van der Waals surface area (Å²) in [5.41, 5.74) is 0.806. The van der Waals surface area contributed by atoms with Crippen LogP contribution in [0.25, 0.3) is 0 Å². The fraction of sp³-hybridized carbons (Fsp3) is 0.562. The molecule has 0 bridgehead atoms. The molecule has 1 aromatic carbocycles. The van der Waals surface area contributed by atoms with E-state index in [2.05, 4.69) is 22.1 Å². The highest BCUT2D eigenvalue weighted by Crippen LogP contribution is 2.23. The number of piperidine rings is 1. The van der Waals surface area contributed by atoms with Crippen LogP contribution in [0.5, 0.6) is 11.5 Å². The van der Waals surface area contributed by atoms with Gasteiger partial charge in [-0.2, -0.15) is 0 Å². The van der Waals surface area contributed by atoms with Gasteiger partial charge in [-0.15, -0.1) is 24.0 Å². The van der Waals surface area contributed by atoms with Crippen LogP contribution in [0.15, 0.2) is 23.2 Å². The molecular formula is C16H26IN3O2. The molecule has 1 saturated heterocycles. The number of nitrogens with zero attached hydrogens (tertiary/aromatic N) is 2. The number of phenols is 1. The maximum Gasteiger partial charge on any atom is 0.193 e. The number of aromatic hydroxyl groups is 1. The predicted molar refractivity (Wildman–Crippen MR) is 100 cm³/mol. The van der Waals surface area contributed by atoms with Crippen molar-refractivity contribution in [3.63, 3.8) is 0 Å². The van der Waals surface area contributed by atoms with Crippen molar-refractivity contribution in [3.05, 3.63) is 23.8 Å². The molecule has 2 rings (SSSR count). The van der Waals surface area contributed by atoms with E-state index in [1.165, 1.54) is 12.8 Å². The van der Waals surface area contributed by atoms with Crippen LogP contribution in [0.4, 0.5) is 0 Å². The van der Waals surface area contributed by atoms with E-state index in [1.54, 1.807) is 26.3 Å². The van der Waals surface area contributed by atoms with Crippen molar-refractivity contribution in [1.82, 2.24) is 10.2 Å². The summed E-state index contributed by atoms with van der Waals surface area (Å²) in [5.74, 6) is 2.70. The Morgan fingerprint density at radius 1 is 1.41 bits per heavy atom. The zero-order valence-corrected chi connectivity index (χ0v) is 15.8. The van der Waals surface area contributed by atoms with Gasteiger partial charge in [-0.1, -0.05) is 6.92 Å². The van der Waals surface area contributed by atoms with Crippen LogP contribution in [-0.2, 0) is 6.54 Å². The van der Waals surface area contributed by atoms with E-state index in [0.29, 0.717) is 6.54 Å². The minimum absolute atomic E-state index is 0. The van der Waals surface area contributed by atoms with Crippen LogP contribution in [0.1, 0.15) is 25.3 Å². The Morgan fingerprint density at radius 3 is 2.68 bits per heavy atom. The van der Waals surface area contributed by atoms with Gasteiger partial charge in [0.25, 0.3) is 0 Å². The summed E-state index contributed by atoms with van der Waals surface area (Å²) in [6, 6.07) is 5.24. The number of benzene rings is 1. The van der Waals surface area contributed by atoms with E-state index in [4.69, 9.17) is 4.74 Å². The number of hydrogen-bond donors (Lipinski definition) is 2. The molecule has 0 spiro atoms. The molecule has 0 unspecified atom stereocenters. The molecule has 1 aliphatic rings. The third-order valence-electron chi connectivity index (χ3n) is 4.02. The largest absolute Gasteiger partial charge is 0.508 e. The molecule has 22 heavy (non-hydrogen) atoms. The summed E-state index contributed by atoms with van der Waals surface area (Å²) in [5, 5.41) is 13.2. The Morgan fingerprint density at radius 2 is 2.09 bits per heavy atom. The standard InChI is InChI=1S/C16H25N3O2.HI/c1-12-6-8-19(9-7-12)16(17-2)18-11-13-10-14(21-3)4-5-15(13)20;/h4-5,10,12,20H,6-9,11H2,1-3H3,(H,17,18);1H. The minimum atomic E-state index is 0. The van der Waals surface area contributed by atoms with Crippen LogP contribution >= 0.6 is 24.0 Å². The first-order valence-electron chi connectivity index (χ1n) is 7.45. The zero-order valence-electron chi connectivity index (χ0n) is 13.5. The van der Waals surface area contributed by atoms with Crippen LogP contribution in [0, 0.1) is 5.92 Å². The van der Waals surface area contributed by atoms with Gasteiger partial charge in [-0.3, -0.25) is 4.99 Å². The lowest BCUT2D eigenvalue weighted by atomic mass is 9.99. The summed E-state index contributed by atoms with van der Waals surface area (Å²) in [7, 11) is 3.42. The molecule has 0 radical (unpaired) electrons. The fourth-order valence-electron chi connectivity index (χ4n) is 2.56. The van der Waals surface area contributed by atoms with Gasteiger partial charge in [-0.05, 0) is 37.0 Å². The van der Waals surface area contributed by atoms with E-state index >= 15 is 0 Å². The van der Waals surface area contributed by atoms with Crippen LogP contribution in [0.3, 0.4) is 0 Å². The van der Waals surface area contributed by atoms with Crippen molar-refractivity contribution in [2.24, 2.45) is 10.9 Å². The average Bonchev–Trinajstić information content (AvgIpc) is 2.51. The van der Waals surface area contributed by atoms with Crippen molar-refractivity contribution < 1.29 is 9.84 Å². The Balaban J connectivity index is 0.00000242. The Bertz CT molecular complexity index is 500. The van der Waals surface area contributed by atoms with E-state index in [1.807, 2.05) is 6.07 Å².